The predicted octanol–water partition coefficient (Wildman–Crippen LogP) is 2.70. The minimum absolute atomic E-state index is 0.0104. The molecule has 0 spiro atoms. The van der Waals surface area contributed by atoms with Gasteiger partial charge >= 0.3 is 0 Å². The van der Waals surface area contributed by atoms with Gasteiger partial charge in [0.1, 0.15) is 0 Å². The summed E-state index contributed by atoms with van der Waals surface area (Å²) in [5.41, 5.74) is 0. The van der Waals surface area contributed by atoms with E-state index in [1.165, 1.54) is 6.08 Å². The van der Waals surface area contributed by atoms with Crippen molar-refractivity contribution in [2.45, 2.75) is 34.1 Å². The molecule has 12 heavy (non-hydrogen) atoms. The number of aliphatic hydroxyl groups excluding tert-OH is 1. The highest BCUT2D eigenvalue weighted by atomic mass is 16.3. The van der Waals surface area contributed by atoms with Crippen LogP contribution in [-0.2, 0) is 4.79 Å². The molecule has 2 heteroatoms. The Morgan fingerprint density at radius 3 is 2.17 bits per heavy atom. The summed E-state index contributed by atoms with van der Waals surface area (Å²) in [6, 6.07) is 0. The Bertz CT molecular complexity index is 178. The van der Waals surface area contributed by atoms with E-state index >= 15 is 0 Å². The van der Waals surface area contributed by atoms with Crippen molar-refractivity contribution in [1.29, 1.82) is 0 Å². The third-order valence-electron chi connectivity index (χ3n) is 1.51. The summed E-state index contributed by atoms with van der Waals surface area (Å²) in [5.74, 6) is 0.590. The first-order valence-electron chi connectivity index (χ1n) is 4.36. The number of allylic oxidation sites excluding steroid dienone is 2. The topological polar surface area (TPSA) is 37.3 Å². The molecule has 0 radical (unpaired) electrons. The van der Waals surface area contributed by atoms with Crippen LogP contribution in [0.4, 0.5) is 0 Å². The molecule has 0 aromatic carbocycles. The van der Waals surface area contributed by atoms with Gasteiger partial charge in [-0.1, -0.05) is 27.7 Å². The van der Waals surface area contributed by atoms with Gasteiger partial charge in [-0.3, -0.25) is 4.79 Å². The molecule has 0 rings (SSSR count). The van der Waals surface area contributed by atoms with Gasteiger partial charge in [-0.2, -0.15) is 0 Å². The van der Waals surface area contributed by atoms with Gasteiger partial charge in [-0.05, 0) is 5.92 Å². The maximum Gasteiger partial charge on any atom is 0.159 e. The van der Waals surface area contributed by atoms with Gasteiger partial charge in [0.25, 0.3) is 0 Å². The van der Waals surface area contributed by atoms with Crippen molar-refractivity contribution in [2.75, 3.05) is 0 Å². The maximum absolute atomic E-state index is 11.1. The van der Waals surface area contributed by atoms with Gasteiger partial charge < -0.3 is 5.11 Å². The third-order valence-corrected chi connectivity index (χ3v) is 1.51. The van der Waals surface area contributed by atoms with E-state index in [4.69, 9.17) is 0 Å². The Balaban J connectivity index is 4.06. The molecule has 0 amide bonds. The monoisotopic (exact) mass is 170 g/mol. The molecule has 0 atom stereocenters. The molecule has 0 saturated carbocycles. The van der Waals surface area contributed by atoms with E-state index in [1.807, 2.05) is 27.7 Å². The fraction of sp³-hybridized carbons (Fsp3) is 0.700. The molecule has 0 bridgehead atoms. The summed E-state index contributed by atoms with van der Waals surface area (Å²) in [7, 11) is 0. The van der Waals surface area contributed by atoms with E-state index in [2.05, 4.69) is 0 Å². The highest BCUT2D eigenvalue weighted by Crippen LogP contribution is 2.07. The molecule has 0 aliphatic heterocycles. The first-order valence-corrected chi connectivity index (χ1v) is 4.36. The zero-order valence-corrected chi connectivity index (χ0v) is 8.29. The number of aliphatic hydroxyl groups is 1. The second-order valence-electron chi connectivity index (χ2n) is 3.79. The van der Waals surface area contributed by atoms with E-state index < -0.39 is 0 Å². The van der Waals surface area contributed by atoms with E-state index in [1.54, 1.807) is 0 Å². The molecule has 0 heterocycles. The first kappa shape index (κ1) is 11.2. The summed E-state index contributed by atoms with van der Waals surface area (Å²) in [6.45, 7) is 7.68. The standard InChI is InChI=1S/C10H18O2/c1-7(2)5-9(11)6-10(12)8(3)4/h6-8,12H,5H2,1-4H3. The second kappa shape index (κ2) is 4.96. The summed E-state index contributed by atoms with van der Waals surface area (Å²) < 4.78 is 0. The van der Waals surface area contributed by atoms with Crippen molar-refractivity contribution in [3.8, 4) is 0 Å². The molecule has 0 aromatic heterocycles. The molecule has 2 nitrogen and oxygen atoms in total. The van der Waals surface area contributed by atoms with E-state index in [9.17, 15) is 9.90 Å². The molecule has 0 unspecified atom stereocenters. The maximum atomic E-state index is 11.1. The highest BCUT2D eigenvalue weighted by molar-refractivity contribution is 5.90. The van der Waals surface area contributed by atoms with Crippen LogP contribution in [0.1, 0.15) is 34.1 Å². The summed E-state index contributed by atoms with van der Waals surface area (Å²) in [5, 5.41) is 9.25. The largest absolute Gasteiger partial charge is 0.512 e. The lowest BCUT2D eigenvalue weighted by molar-refractivity contribution is -0.115. The van der Waals surface area contributed by atoms with Crippen LogP contribution in [0.3, 0.4) is 0 Å². The van der Waals surface area contributed by atoms with Crippen LogP contribution in [0, 0.1) is 11.8 Å². The van der Waals surface area contributed by atoms with Crippen LogP contribution < -0.4 is 0 Å². The first-order chi connectivity index (χ1) is 5.43. The van der Waals surface area contributed by atoms with Crippen LogP contribution in [0.25, 0.3) is 0 Å². The number of carbonyl (C=O) groups is 1. The Morgan fingerprint density at radius 2 is 1.83 bits per heavy atom. The summed E-state index contributed by atoms with van der Waals surface area (Å²) in [4.78, 5) is 11.1. The average molecular weight is 170 g/mol. The smallest absolute Gasteiger partial charge is 0.159 e. The Labute approximate surface area is 74.3 Å². The highest BCUT2D eigenvalue weighted by Gasteiger charge is 2.05. The van der Waals surface area contributed by atoms with Crippen molar-refractivity contribution >= 4 is 5.78 Å². The zero-order valence-electron chi connectivity index (χ0n) is 8.29. The Morgan fingerprint density at radius 1 is 1.33 bits per heavy atom. The van der Waals surface area contributed by atoms with Gasteiger partial charge in [-0.15, -0.1) is 0 Å². The number of hydrogen-bond acceptors (Lipinski definition) is 2. The zero-order chi connectivity index (χ0) is 9.72. The predicted molar refractivity (Wildman–Crippen MR) is 50.0 cm³/mol. The van der Waals surface area contributed by atoms with Gasteiger partial charge in [0.05, 0.1) is 5.76 Å². The molecular formula is C10H18O2. The van der Waals surface area contributed by atoms with Crippen molar-refractivity contribution < 1.29 is 9.90 Å². The van der Waals surface area contributed by atoms with Crippen LogP contribution in [0.5, 0.6) is 0 Å². The van der Waals surface area contributed by atoms with Gasteiger partial charge in [0, 0.05) is 18.4 Å². The number of ketones is 1. The van der Waals surface area contributed by atoms with Crippen LogP contribution in [-0.4, -0.2) is 10.9 Å². The normalized spacial score (nSPS) is 12.7. The van der Waals surface area contributed by atoms with E-state index in [0.29, 0.717) is 12.3 Å². The lowest BCUT2D eigenvalue weighted by Gasteiger charge is -2.03. The minimum atomic E-state index is 0.0104. The van der Waals surface area contributed by atoms with E-state index in [-0.39, 0.29) is 17.5 Å². The van der Waals surface area contributed by atoms with Gasteiger partial charge in [0.15, 0.2) is 5.78 Å². The molecule has 0 aromatic rings. The number of hydrogen-bond donors (Lipinski definition) is 1. The molecule has 0 aliphatic rings. The molecule has 0 fully saturated rings. The number of rotatable bonds is 4. The van der Waals surface area contributed by atoms with Crippen molar-refractivity contribution in [3.05, 3.63) is 11.8 Å². The van der Waals surface area contributed by atoms with Crippen molar-refractivity contribution in [2.24, 2.45) is 11.8 Å². The van der Waals surface area contributed by atoms with Crippen molar-refractivity contribution in [1.82, 2.24) is 0 Å². The second-order valence-corrected chi connectivity index (χ2v) is 3.79. The fourth-order valence-electron chi connectivity index (χ4n) is 0.793. The molecule has 70 valence electrons. The minimum Gasteiger partial charge on any atom is -0.512 e. The van der Waals surface area contributed by atoms with Crippen molar-refractivity contribution in [3.63, 3.8) is 0 Å². The van der Waals surface area contributed by atoms with Gasteiger partial charge in [-0.25, -0.2) is 0 Å². The average Bonchev–Trinajstić information content (AvgIpc) is 1.84. The van der Waals surface area contributed by atoms with Crippen LogP contribution in [0.15, 0.2) is 11.8 Å². The Kier molecular flexibility index (Phi) is 4.64. The lowest BCUT2D eigenvalue weighted by Crippen LogP contribution is -2.02. The summed E-state index contributed by atoms with van der Waals surface area (Å²) >= 11 is 0. The molecule has 1 N–H and O–H groups in total. The van der Waals surface area contributed by atoms with Crippen LogP contribution in [0.2, 0.25) is 0 Å². The van der Waals surface area contributed by atoms with E-state index in [0.717, 1.165) is 0 Å². The SMILES string of the molecule is CC(C)CC(=O)C=C(O)C(C)C. The molecule has 0 saturated heterocycles. The summed E-state index contributed by atoms with van der Waals surface area (Å²) in [6.07, 6.45) is 1.85. The molecule has 0 aliphatic carbocycles. The molecular weight excluding hydrogens is 152 g/mol. The lowest BCUT2D eigenvalue weighted by atomic mass is 10.0. The van der Waals surface area contributed by atoms with Gasteiger partial charge in [0.2, 0.25) is 0 Å². The Hall–Kier alpha value is -0.790. The number of carbonyl (C=O) groups excluding carboxylic acids is 1. The third kappa shape index (κ3) is 4.94. The fourth-order valence-corrected chi connectivity index (χ4v) is 0.793. The quantitative estimate of drug-likeness (QED) is 0.520. The van der Waals surface area contributed by atoms with Crippen LogP contribution >= 0.6 is 0 Å².